The van der Waals surface area contributed by atoms with Crippen molar-refractivity contribution in [1.82, 2.24) is 5.06 Å². The van der Waals surface area contributed by atoms with Crippen molar-refractivity contribution in [2.45, 2.75) is 29.1 Å². The molecule has 0 radical (unpaired) electrons. The van der Waals surface area contributed by atoms with Crippen LogP contribution in [0, 0.1) is 0 Å². The third-order valence-corrected chi connectivity index (χ3v) is 5.87. The summed E-state index contributed by atoms with van der Waals surface area (Å²) in [6.07, 6.45) is 0.196. The lowest BCUT2D eigenvalue weighted by Crippen LogP contribution is -2.32. The van der Waals surface area contributed by atoms with Gasteiger partial charge in [-0.05, 0) is 29.8 Å². The molecule has 0 aromatic heterocycles. The van der Waals surface area contributed by atoms with Gasteiger partial charge in [-0.1, -0.05) is 51.9 Å². The fourth-order valence-corrected chi connectivity index (χ4v) is 4.15. The second kappa shape index (κ2) is 8.22. The molecular formula is C18H15NO4S2. The number of rotatable bonds is 6. The molecular weight excluding hydrogens is 358 g/mol. The lowest BCUT2D eigenvalue weighted by atomic mass is 10.2. The molecule has 2 amide bonds. The fraction of sp³-hybridized carbons (Fsp3) is 0.167. The maximum atomic E-state index is 11.9. The second-order valence-corrected chi connectivity index (χ2v) is 7.62. The van der Waals surface area contributed by atoms with E-state index in [0.717, 1.165) is 10.5 Å². The van der Waals surface area contributed by atoms with E-state index in [0.29, 0.717) is 5.06 Å². The van der Waals surface area contributed by atoms with E-state index in [4.69, 9.17) is 4.84 Å². The zero-order chi connectivity index (χ0) is 17.6. The second-order valence-electron chi connectivity index (χ2n) is 5.35. The molecule has 128 valence electrons. The van der Waals surface area contributed by atoms with Crippen molar-refractivity contribution >= 4 is 39.4 Å². The normalized spacial score (nSPS) is 14.0. The Morgan fingerprint density at radius 3 is 2.04 bits per heavy atom. The number of nitrogens with zero attached hydrogens (tertiary/aromatic N) is 1. The molecule has 0 bridgehead atoms. The van der Waals surface area contributed by atoms with Crippen LogP contribution in [0.2, 0.25) is 0 Å². The Labute approximate surface area is 153 Å². The largest absolute Gasteiger partial charge is 0.337 e. The van der Waals surface area contributed by atoms with Gasteiger partial charge in [-0.25, -0.2) is 4.79 Å². The van der Waals surface area contributed by atoms with E-state index < -0.39 is 17.8 Å². The van der Waals surface area contributed by atoms with Gasteiger partial charge in [0, 0.05) is 22.6 Å². The third kappa shape index (κ3) is 4.87. The number of hydrogen-bond donors (Lipinski definition) is 0. The molecule has 1 heterocycles. The molecule has 0 saturated carbocycles. The van der Waals surface area contributed by atoms with E-state index in [9.17, 15) is 14.4 Å². The first-order chi connectivity index (χ1) is 12.1. The van der Waals surface area contributed by atoms with Crippen LogP contribution in [0.1, 0.15) is 18.4 Å². The van der Waals surface area contributed by atoms with E-state index in [2.05, 4.69) is 0 Å². The quantitative estimate of drug-likeness (QED) is 0.569. The molecule has 1 fully saturated rings. The van der Waals surface area contributed by atoms with Gasteiger partial charge < -0.3 is 4.84 Å². The van der Waals surface area contributed by atoms with Crippen LogP contribution in [0.4, 0.5) is 0 Å². The monoisotopic (exact) mass is 373 g/mol. The zero-order valence-corrected chi connectivity index (χ0v) is 14.8. The van der Waals surface area contributed by atoms with Crippen LogP contribution in [0.25, 0.3) is 0 Å². The molecule has 1 aliphatic rings. The third-order valence-electron chi connectivity index (χ3n) is 3.45. The standard InChI is InChI=1S/C18H15NO4S2/c20-16-10-11-17(21)19(16)23-18(22)12-13-6-8-15(9-7-13)25-24-14-4-2-1-3-5-14/h1-9H,10-12H2. The molecule has 25 heavy (non-hydrogen) atoms. The minimum absolute atomic E-state index is 0.00777. The highest BCUT2D eigenvalue weighted by Gasteiger charge is 2.32. The molecule has 2 aromatic carbocycles. The number of amides is 2. The number of carbonyl (C=O) groups is 3. The summed E-state index contributed by atoms with van der Waals surface area (Å²) in [6.45, 7) is 0. The predicted molar refractivity (Wildman–Crippen MR) is 95.5 cm³/mol. The van der Waals surface area contributed by atoms with E-state index in [-0.39, 0.29) is 19.3 Å². The highest BCUT2D eigenvalue weighted by Crippen LogP contribution is 2.37. The van der Waals surface area contributed by atoms with Crippen LogP contribution in [0.15, 0.2) is 64.4 Å². The Morgan fingerprint density at radius 1 is 0.880 bits per heavy atom. The fourth-order valence-electron chi connectivity index (χ4n) is 2.19. The van der Waals surface area contributed by atoms with Crippen molar-refractivity contribution in [3.8, 4) is 0 Å². The van der Waals surface area contributed by atoms with Crippen LogP contribution in [-0.2, 0) is 25.6 Å². The Bertz CT molecular complexity index is 761. The average Bonchev–Trinajstić information content (AvgIpc) is 2.94. The number of hydroxylamine groups is 2. The Kier molecular flexibility index (Phi) is 5.78. The average molecular weight is 373 g/mol. The summed E-state index contributed by atoms with van der Waals surface area (Å²) in [5, 5.41) is 0.572. The summed E-state index contributed by atoms with van der Waals surface area (Å²) < 4.78 is 0. The van der Waals surface area contributed by atoms with Crippen molar-refractivity contribution in [2.24, 2.45) is 0 Å². The van der Waals surface area contributed by atoms with Gasteiger partial charge in [0.25, 0.3) is 11.8 Å². The van der Waals surface area contributed by atoms with Crippen molar-refractivity contribution in [1.29, 1.82) is 0 Å². The molecule has 7 heteroatoms. The highest BCUT2D eigenvalue weighted by molar-refractivity contribution is 8.76. The predicted octanol–water partition coefficient (Wildman–Crippen LogP) is 3.64. The van der Waals surface area contributed by atoms with Crippen molar-refractivity contribution in [3.05, 3.63) is 60.2 Å². The summed E-state index contributed by atoms with van der Waals surface area (Å²) in [5.41, 5.74) is 0.762. The SMILES string of the molecule is O=C(Cc1ccc(SSc2ccccc2)cc1)ON1C(=O)CCC1=O. The van der Waals surface area contributed by atoms with Crippen LogP contribution in [0.5, 0.6) is 0 Å². The molecule has 5 nitrogen and oxygen atoms in total. The number of carbonyl (C=O) groups excluding carboxylic acids is 3. The topological polar surface area (TPSA) is 63.7 Å². The van der Waals surface area contributed by atoms with Crippen LogP contribution < -0.4 is 0 Å². The minimum atomic E-state index is -0.623. The van der Waals surface area contributed by atoms with E-state index in [1.54, 1.807) is 21.6 Å². The maximum absolute atomic E-state index is 11.9. The molecule has 2 aromatic rings. The summed E-state index contributed by atoms with van der Waals surface area (Å²) >= 11 is 0. The van der Waals surface area contributed by atoms with E-state index >= 15 is 0 Å². The maximum Gasteiger partial charge on any atom is 0.337 e. The molecule has 0 spiro atoms. The van der Waals surface area contributed by atoms with Gasteiger partial charge in [0.15, 0.2) is 0 Å². The van der Waals surface area contributed by atoms with Crippen LogP contribution in [-0.4, -0.2) is 22.8 Å². The van der Waals surface area contributed by atoms with Gasteiger partial charge in [-0.15, -0.1) is 5.06 Å². The lowest BCUT2D eigenvalue weighted by Gasteiger charge is -2.12. The Morgan fingerprint density at radius 2 is 1.44 bits per heavy atom. The number of imide groups is 1. The van der Waals surface area contributed by atoms with Gasteiger partial charge in [-0.2, -0.15) is 0 Å². The van der Waals surface area contributed by atoms with Crippen molar-refractivity contribution in [3.63, 3.8) is 0 Å². The van der Waals surface area contributed by atoms with Gasteiger partial charge in [0.2, 0.25) is 0 Å². The Balaban J connectivity index is 1.51. The number of benzene rings is 2. The lowest BCUT2D eigenvalue weighted by molar-refractivity contribution is -0.197. The summed E-state index contributed by atoms with van der Waals surface area (Å²) in [4.78, 5) is 41.8. The zero-order valence-electron chi connectivity index (χ0n) is 13.2. The molecule has 0 aliphatic carbocycles. The minimum Gasteiger partial charge on any atom is -0.330 e. The highest BCUT2D eigenvalue weighted by atomic mass is 33.1. The molecule has 1 saturated heterocycles. The van der Waals surface area contributed by atoms with Gasteiger partial charge in [0.1, 0.15) is 0 Å². The van der Waals surface area contributed by atoms with Crippen LogP contribution >= 0.6 is 21.6 Å². The first-order valence-corrected chi connectivity index (χ1v) is 9.82. The first-order valence-electron chi connectivity index (χ1n) is 7.67. The van der Waals surface area contributed by atoms with Crippen LogP contribution in [0.3, 0.4) is 0 Å². The number of hydrogen-bond acceptors (Lipinski definition) is 6. The van der Waals surface area contributed by atoms with Crippen molar-refractivity contribution in [2.75, 3.05) is 0 Å². The summed E-state index contributed by atoms with van der Waals surface area (Å²) in [7, 11) is 3.29. The van der Waals surface area contributed by atoms with Crippen molar-refractivity contribution < 1.29 is 19.2 Å². The molecule has 3 rings (SSSR count). The molecule has 0 atom stereocenters. The Hall–Kier alpha value is -2.25. The first kappa shape index (κ1) is 17.6. The molecule has 0 N–H and O–H groups in total. The summed E-state index contributed by atoms with van der Waals surface area (Å²) in [5.74, 6) is -1.56. The molecule has 0 unspecified atom stereocenters. The summed E-state index contributed by atoms with van der Waals surface area (Å²) in [6, 6.07) is 17.6. The van der Waals surface area contributed by atoms with E-state index in [1.807, 2.05) is 54.6 Å². The van der Waals surface area contributed by atoms with E-state index in [1.165, 1.54) is 4.90 Å². The van der Waals surface area contributed by atoms with Gasteiger partial charge in [0.05, 0.1) is 6.42 Å². The van der Waals surface area contributed by atoms with Gasteiger partial charge in [-0.3, -0.25) is 9.59 Å². The molecule has 1 aliphatic heterocycles. The van der Waals surface area contributed by atoms with Gasteiger partial charge >= 0.3 is 5.97 Å². The smallest absolute Gasteiger partial charge is 0.330 e.